The molecule has 1 atom stereocenters. The monoisotopic (exact) mass is 222 g/mol. The van der Waals surface area contributed by atoms with Crippen molar-refractivity contribution in [3.8, 4) is 0 Å². The molecule has 0 radical (unpaired) electrons. The zero-order valence-corrected chi connectivity index (χ0v) is 10.8. The average molecular weight is 222 g/mol. The largest absolute Gasteiger partial charge is 0.171 e. The van der Waals surface area contributed by atoms with Gasteiger partial charge in [-0.15, -0.1) is 0 Å². The van der Waals surface area contributed by atoms with Crippen molar-refractivity contribution in [2.75, 3.05) is 0 Å². The molecule has 1 unspecified atom stereocenters. The standard InChI is InChI=1S/C14H22S/c1-3-5-6-7-12-8-10-13(11-9-12)14(15)4-2/h8-11,14-15H,3-7H2,1-2H3. The van der Waals surface area contributed by atoms with Gasteiger partial charge in [-0.05, 0) is 30.4 Å². The van der Waals surface area contributed by atoms with Gasteiger partial charge in [0.05, 0.1) is 0 Å². The van der Waals surface area contributed by atoms with Crippen molar-refractivity contribution in [2.24, 2.45) is 0 Å². The fourth-order valence-corrected chi connectivity index (χ4v) is 1.89. The Hall–Kier alpha value is -0.430. The summed E-state index contributed by atoms with van der Waals surface area (Å²) in [5.41, 5.74) is 2.81. The van der Waals surface area contributed by atoms with Crippen LogP contribution in [0.2, 0.25) is 0 Å². The van der Waals surface area contributed by atoms with Crippen molar-refractivity contribution in [3.05, 3.63) is 35.4 Å². The summed E-state index contributed by atoms with van der Waals surface area (Å²) in [4.78, 5) is 0. The molecule has 0 nitrogen and oxygen atoms in total. The Morgan fingerprint density at radius 3 is 2.27 bits per heavy atom. The van der Waals surface area contributed by atoms with E-state index in [1.54, 1.807) is 0 Å². The van der Waals surface area contributed by atoms with Crippen molar-refractivity contribution in [1.29, 1.82) is 0 Å². The fraction of sp³-hybridized carbons (Fsp3) is 0.571. The summed E-state index contributed by atoms with van der Waals surface area (Å²) in [5.74, 6) is 0. The average Bonchev–Trinajstić information content (AvgIpc) is 2.29. The van der Waals surface area contributed by atoms with Crippen LogP contribution in [0.25, 0.3) is 0 Å². The molecule has 0 heterocycles. The Morgan fingerprint density at radius 2 is 1.73 bits per heavy atom. The van der Waals surface area contributed by atoms with Gasteiger partial charge in [-0.25, -0.2) is 0 Å². The number of unbranched alkanes of at least 4 members (excludes halogenated alkanes) is 2. The molecule has 0 amide bonds. The Balaban J connectivity index is 2.49. The van der Waals surface area contributed by atoms with E-state index in [1.165, 1.54) is 36.8 Å². The van der Waals surface area contributed by atoms with Crippen molar-refractivity contribution in [3.63, 3.8) is 0 Å². The first-order valence-corrected chi connectivity index (χ1v) is 6.56. The lowest BCUT2D eigenvalue weighted by atomic mass is 10.0. The van der Waals surface area contributed by atoms with Gasteiger partial charge in [0.25, 0.3) is 0 Å². The van der Waals surface area contributed by atoms with E-state index in [0.717, 1.165) is 6.42 Å². The third-order valence-corrected chi connectivity index (χ3v) is 3.48. The molecule has 0 aliphatic rings. The molecule has 1 rings (SSSR count). The Bertz CT molecular complexity index is 263. The number of aryl methyl sites for hydroxylation is 1. The highest BCUT2D eigenvalue weighted by Crippen LogP contribution is 2.23. The summed E-state index contributed by atoms with van der Waals surface area (Å²) in [6.45, 7) is 4.42. The lowest BCUT2D eigenvalue weighted by Gasteiger charge is -2.08. The van der Waals surface area contributed by atoms with E-state index in [1.807, 2.05) is 0 Å². The molecule has 0 spiro atoms. The molecule has 0 fully saturated rings. The molecule has 0 aromatic heterocycles. The number of rotatable bonds is 6. The van der Waals surface area contributed by atoms with Crippen LogP contribution in [-0.4, -0.2) is 0 Å². The number of hydrogen-bond donors (Lipinski definition) is 1. The second kappa shape index (κ2) is 6.95. The summed E-state index contributed by atoms with van der Waals surface area (Å²) in [5, 5.41) is 0.398. The number of benzene rings is 1. The van der Waals surface area contributed by atoms with Gasteiger partial charge < -0.3 is 0 Å². The van der Waals surface area contributed by atoms with Crippen LogP contribution in [-0.2, 0) is 6.42 Å². The maximum atomic E-state index is 4.54. The minimum atomic E-state index is 0.398. The fourth-order valence-electron chi connectivity index (χ4n) is 1.72. The molecule has 0 saturated carbocycles. The summed E-state index contributed by atoms with van der Waals surface area (Å²) >= 11 is 4.54. The lowest BCUT2D eigenvalue weighted by Crippen LogP contribution is -1.90. The topological polar surface area (TPSA) is 0 Å². The van der Waals surface area contributed by atoms with Crippen LogP contribution < -0.4 is 0 Å². The van der Waals surface area contributed by atoms with Crippen LogP contribution in [0, 0.1) is 0 Å². The zero-order chi connectivity index (χ0) is 11.1. The van der Waals surface area contributed by atoms with E-state index in [4.69, 9.17) is 0 Å². The molecule has 0 saturated heterocycles. The molecular weight excluding hydrogens is 200 g/mol. The second-order valence-corrected chi connectivity index (χ2v) is 4.75. The Kier molecular flexibility index (Phi) is 5.85. The van der Waals surface area contributed by atoms with E-state index in [9.17, 15) is 0 Å². The van der Waals surface area contributed by atoms with Gasteiger partial charge >= 0.3 is 0 Å². The smallest absolute Gasteiger partial charge is 0.0264 e. The summed E-state index contributed by atoms with van der Waals surface area (Å²) in [7, 11) is 0. The third kappa shape index (κ3) is 4.29. The first kappa shape index (κ1) is 12.6. The highest BCUT2D eigenvalue weighted by Gasteiger charge is 2.02. The van der Waals surface area contributed by atoms with E-state index < -0.39 is 0 Å². The molecule has 0 N–H and O–H groups in total. The van der Waals surface area contributed by atoms with E-state index >= 15 is 0 Å². The quantitative estimate of drug-likeness (QED) is 0.519. The van der Waals surface area contributed by atoms with Crippen LogP contribution in [0.15, 0.2) is 24.3 Å². The predicted molar refractivity (Wildman–Crippen MR) is 71.7 cm³/mol. The van der Waals surface area contributed by atoms with Crippen LogP contribution in [0.4, 0.5) is 0 Å². The van der Waals surface area contributed by atoms with Gasteiger partial charge in [-0.3, -0.25) is 0 Å². The Labute approximate surface area is 99.5 Å². The minimum Gasteiger partial charge on any atom is -0.171 e. The van der Waals surface area contributed by atoms with Gasteiger partial charge in [0.1, 0.15) is 0 Å². The highest BCUT2D eigenvalue weighted by atomic mass is 32.1. The lowest BCUT2D eigenvalue weighted by molar-refractivity contribution is 0.717. The molecule has 0 bridgehead atoms. The van der Waals surface area contributed by atoms with Gasteiger partial charge in [0.15, 0.2) is 0 Å². The number of hydrogen-bond acceptors (Lipinski definition) is 1. The zero-order valence-electron chi connectivity index (χ0n) is 9.87. The molecule has 84 valence electrons. The predicted octanol–water partition coefficient (Wildman–Crippen LogP) is 4.80. The summed E-state index contributed by atoms with van der Waals surface area (Å²) < 4.78 is 0. The van der Waals surface area contributed by atoms with E-state index in [0.29, 0.717) is 5.25 Å². The first-order chi connectivity index (χ1) is 7.27. The van der Waals surface area contributed by atoms with Crippen molar-refractivity contribution in [1.82, 2.24) is 0 Å². The van der Waals surface area contributed by atoms with Crippen molar-refractivity contribution < 1.29 is 0 Å². The first-order valence-electron chi connectivity index (χ1n) is 6.04. The molecule has 0 aliphatic carbocycles. The van der Waals surface area contributed by atoms with Gasteiger partial charge in [0.2, 0.25) is 0 Å². The highest BCUT2D eigenvalue weighted by molar-refractivity contribution is 7.80. The maximum absolute atomic E-state index is 4.54. The van der Waals surface area contributed by atoms with Gasteiger partial charge in [-0.2, -0.15) is 12.6 Å². The normalized spacial score (nSPS) is 12.7. The minimum absolute atomic E-state index is 0.398. The van der Waals surface area contributed by atoms with Crippen molar-refractivity contribution in [2.45, 2.75) is 51.2 Å². The molecule has 1 aromatic carbocycles. The van der Waals surface area contributed by atoms with E-state index in [-0.39, 0.29) is 0 Å². The van der Waals surface area contributed by atoms with Crippen LogP contribution in [0.1, 0.15) is 55.9 Å². The van der Waals surface area contributed by atoms with Gasteiger partial charge in [0, 0.05) is 5.25 Å². The maximum Gasteiger partial charge on any atom is 0.0264 e. The molecule has 1 aromatic rings. The third-order valence-electron chi connectivity index (χ3n) is 2.82. The summed E-state index contributed by atoms with van der Waals surface area (Å²) in [6, 6.07) is 8.96. The molecular formula is C14H22S. The van der Waals surface area contributed by atoms with E-state index in [2.05, 4.69) is 50.7 Å². The SMILES string of the molecule is CCCCCc1ccc(C(S)CC)cc1. The van der Waals surface area contributed by atoms with Crippen molar-refractivity contribution >= 4 is 12.6 Å². The second-order valence-electron chi connectivity index (χ2n) is 4.12. The number of thiol groups is 1. The Morgan fingerprint density at radius 1 is 1.07 bits per heavy atom. The van der Waals surface area contributed by atoms with Crippen LogP contribution in [0.5, 0.6) is 0 Å². The van der Waals surface area contributed by atoms with Crippen LogP contribution in [0.3, 0.4) is 0 Å². The molecule has 1 heteroatoms. The summed E-state index contributed by atoms with van der Waals surface area (Å²) in [6.07, 6.45) is 6.27. The molecule has 0 aliphatic heterocycles. The van der Waals surface area contributed by atoms with Crippen LogP contribution >= 0.6 is 12.6 Å². The molecule has 15 heavy (non-hydrogen) atoms. The van der Waals surface area contributed by atoms with Gasteiger partial charge in [-0.1, -0.05) is 51.0 Å².